The third-order valence-corrected chi connectivity index (χ3v) is 3.14. The van der Waals surface area contributed by atoms with Gasteiger partial charge in [-0.1, -0.05) is 18.2 Å². The maximum Gasteiger partial charge on any atom is 0.135 e. The van der Waals surface area contributed by atoms with Gasteiger partial charge in [0.25, 0.3) is 0 Å². The van der Waals surface area contributed by atoms with Crippen LogP contribution in [0.2, 0.25) is 0 Å². The molecule has 1 heterocycles. The van der Waals surface area contributed by atoms with Gasteiger partial charge in [-0.3, -0.25) is 9.69 Å². The van der Waals surface area contributed by atoms with Crippen LogP contribution in [0, 0.1) is 0 Å². The van der Waals surface area contributed by atoms with Crippen molar-refractivity contribution in [2.45, 2.75) is 25.0 Å². The van der Waals surface area contributed by atoms with E-state index in [9.17, 15) is 15.0 Å². The van der Waals surface area contributed by atoms with E-state index in [1.54, 1.807) is 12.2 Å². The van der Waals surface area contributed by atoms with Crippen molar-refractivity contribution in [2.75, 3.05) is 19.6 Å². The molecule has 16 heavy (non-hydrogen) atoms. The molecule has 1 aliphatic carbocycles. The molecule has 0 aromatic heterocycles. The molecule has 4 heteroatoms. The lowest BCUT2D eigenvalue weighted by atomic mass is 9.98. The van der Waals surface area contributed by atoms with Crippen LogP contribution in [0.15, 0.2) is 23.8 Å². The highest BCUT2D eigenvalue weighted by atomic mass is 16.3. The van der Waals surface area contributed by atoms with Crippen molar-refractivity contribution in [1.82, 2.24) is 4.90 Å². The summed E-state index contributed by atoms with van der Waals surface area (Å²) in [7, 11) is 0. The highest BCUT2D eigenvalue weighted by Crippen LogP contribution is 2.17. The van der Waals surface area contributed by atoms with Crippen molar-refractivity contribution in [3.05, 3.63) is 23.8 Å². The smallest absolute Gasteiger partial charge is 0.135 e. The number of piperidine rings is 1. The van der Waals surface area contributed by atoms with Crippen LogP contribution in [0.3, 0.4) is 0 Å². The van der Waals surface area contributed by atoms with Gasteiger partial charge in [-0.15, -0.1) is 0 Å². The quantitative estimate of drug-likeness (QED) is 0.684. The molecule has 0 aromatic rings. The van der Waals surface area contributed by atoms with Crippen LogP contribution in [0.4, 0.5) is 0 Å². The summed E-state index contributed by atoms with van der Waals surface area (Å²) in [4.78, 5) is 13.2. The molecule has 2 rings (SSSR count). The Balaban J connectivity index is 1.92. The van der Waals surface area contributed by atoms with E-state index < -0.39 is 12.2 Å². The number of likely N-dealkylation sites (tertiary alicyclic amines) is 1. The Morgan fingerprint density at radius 1 is 1.31 bits per heavy atom. The van der Waals surface area contributed by atoms with Crippen molar-refractivity contribution < 1.29 is 15.0 Å². The van der Waals surface area contributed by atoms with Gasteiger partial charge in [0, 0.05) is 32.5 Å². The Morgan fingerprint density at radius 2 is 2.00 bits per heavy atom. The van der Waals surface area contributed by atoms with Crippen molar-refractivity contribution in [3.8, 4) is 0 Å². The van der Waals surface area contributed by atoms with Crippen LogP contribution >= 0.6 is 0 Å². The summed E-state index contributed by atoms with van der Waals surface area (Å²) in [5.74, 6) is 0.314. The summed E-state index contributed by atoms with van der Waals surface area (Å²) >= 11 is 0. The van der Waals surface area contributed by atoms with E-state index in [0.717, 1.165) is 18.7 Å². The minimum atomic E-state index is -0.803. The van der Waals surface area contributed by atoms with Crippen molar-refractivity contribution in [1.29, 1.82) is 0 Å². The third-order valence-electron chi connectivity index (χ3n) is 3.14. The van der Waals surface area contributed by atoms with Crippen LogP contribution < -0.4 is 0 Å². The number of allylic oxidation sites excluding steroid dienone is 2. The zero-order valence-electron chi connectivity index (χ0n) is 9.17. The van der Waals surface area contributed by atoms with Crippen LogP contribution in [-0.2, 0) is 4.79 Å². The first-order valence-electron chi connectivity index (χ1n) is 5.64. The number of nitrogens with zero attached hydrogens (tertiary/aromatic N) is 1. The molecule has 2 atom stereocenters. The number of hydrogen-bond acceptors (Lipinski definition) is 4. The average molecular weight is 223 g/mol. The van der Waals surface area contributed by atoms with Gasteiger partial charge in [-0.25, -0.2) is 0 Å². The van der Waals surface area contributed by atoms with Crippen molar-refractivity contribution in [3.63, 3.8) is 0 Å². The Labute approximate surface area is 94.9 Å². The molecule has 0 bridgehead atoms. The lowest BCUT2D eigenvalue weighted by Crippen LogP contribution is -2.39. The average Bonchev–Trinajstić information content (AvgIpc) is 2.28. The van der Waals surface area contributed by atoms with Gasteiger partial charge in [0.1, 0.15) is 18.0 Å². The molecular formula is C12H17NO3. The zero-order valence-corrected chi connectivity index (χ0v) is 9.17. The highest BCUT2D eigenvalue weighted by Gasteiger charge is 2.24. The van der Waals surface area contributed by atoms with Crippen molar-refractivity contribution >= 4 is 5.78 Å². The predicted octanol–water partition coefficient (Wildman–Crippen LogP) is -0.131. The van der Waals surface area contributed by atoms with E-state index in [2.05, 4.69) is 4.90 Å². The highest BCUT2D eigenvalue weighted by molar-refractivity contribution is 5.79. The number of Topliss-reactive ketones (excluding diaryl/α,β-unsaturated/α-hetero) is 1. The van der Waals surface area contributed by atoms with E-state index in [0.29, 0.717) is 25.2 Å². The zero-order chi connectivity index (χ0) is 11.5. The van der Waals surface area contributed by atoms with E-state index in [4.69, 9.17) is 0 Å². The lowest BCUT2D eigenvalue weighted by molar-refractivity contribution is -0.121. The van der Waals surface area contributed by atoms with E-state index in [-0.39, 0.29) is 0 Å². The van der Waals surface area contributed by atoms with E-state index >= 15 is 0 Å². The molecular weight excluding hydrogens is 206 g/mol. The second-order valence-electron chi connectivity index (χ2n) is 4.38. The second kappa shape index (κ2) is 4.91. The summed E-state index contributed by atoms with van der Waals surface area (Å²) in [6.45, 7) is 2.14. The summed E-state index contributed by atoms with van der Waals surface area (Å²) < 4.78 is 0. The molecule has 1 saturated heterocycles. The van der Waals surface area contributed by atoms with Crippen LogP contribution in [-0.4, -0.2) is 52.7 Å². The Kier molecular flexibility index (Phi) is 3.53. The fourth-order valence-corrected chi connectivity index (χ4v) is 2.08. The first-order valence-corrected chi connectivity index (χ1v) is 5.64. The Bertz CT molecular complexity index is 325. The topological polar surface area (TPSA) is 60.8 Å². The Morgan fingerprint density at radius 3 is 2.69 bits per heavy atom. The Hall–Kier alpha value is -0.970. The molecule has 2 N–H and O–H groups in total. The maximum absolute atomic E-state index is 11.1. The lowest BCUT2D eigenvalue weighted by Gasteiger charge is -2.30. The molecule has 0 unspecified atom stereocenters. The molecule has 2 aliphatic rings. The summed E-state index contributed by atoms with van der Waals surface area (Å²) in [5.41, 5.74) is 0.823. The molecule has 1 aliphatic heterocycles. The van der Waals surface area contributed by atoms with Crippen LogP contribution in [0.1, 0.15) is 12.8 Å². The fourth-order valence-electron chi connectivity index (χ4n) is 2.08. The molecule has 0 spiro atoms. The molecule has 0 amide bonds. The van der Waals surface area contributed by atoms with Gasteiger partial charge in [0.2, 0.25) is 0 Å². The first kappa shape index (κ1) is 11.5. The van der Waals surface area contributed by atoms with Gasteiger partial charge in [-0.2, -0.15) is 0 Å². The number of aliphatic hydroxyl groups excluding tert-OH is 2. The second-order valence-corrected chi connectivity index (χ2v) is 4.38. The molecule has 0 aromatic carbocycles. The largest absolute Gasteiger partial charge is 0.386 e. The number of ketones is 1. The first-order chi connectivity index (χ1) is 7.66. The van der Waals surface area contributed by atoms with Gasteiger partial charge in [0.15, 0.2) is 0 Å². The number of carbonyl (C=O) groups is 1. The fraction of sp³-hybridized carbons (Fsp3) is 0.583. The third kappa shape index (κ3) is 2.58. The minimum absolute atomic E-state index is 0.314. The molecule has 4 nitrogen and oxygen atoms in total. The van der Waals surface area contributed by atoms with Gasteiger partial charge in [0.05, 0.1) is 0 Å². The summed E-state index contributed by atoms with van der Waals surface area (Å²) in [5, 5.41) is 19.2. The molecule has 88 valence electrons. The van der Waals surface area contributed by atoms with E-state index in [1.165, 1.54) is 0 Å². The summed E-state index contributed by atoms with van der Waals surface area (Å²) in [6, 6.07) is 0. The van der Waals surface area contributed by atoms with Gasteiger partial charge in [-0.05, 0) is 5.57 Å². The molecule has 0 radical (unpaired) electrons. The minimum Gasteiger partial charge on any atom is -0.386 e. The van der Waals surface area contributed by atoms with Crippen molar-refractivity contribution in [2.24, 2.45) is 0 Å². The normalized spacial score (nSPS) is 31.6. The number of rotatable bonds is 2. The standard InChI is InChI=1S/C12H17NO3/c14-10-4-6-13(7-5-10)8-9-2-1-3-11(15)12(9)16/h1-3,11-12,15-16H,4-8H2/t11-,12-/m1/s1. The van der Waals surface area contributed by atoms with Gasteiger partial charge < -0.3 is 10.2 Å². The number of carbonyl (C=O) groups excluding carboxylic acids is 1. The van der Waals surface area contributed by atoms with Crippen LogP contribution in [0.5, 0.6) is 0 Å². The molecule has 1 fully saturated rings. The predicted molar refractivity (Wildman–Crippen MR) is 59.9 cm³/mol. The number of hydrogen-bond donors (Lipinski definition) is 2. The van der Waals surface area contributed by atoms with E-state index in [1.807, 2.05) is 6.08 Å². The van der Waals surface area contributed by atoms with Crippen LogP contribution in [0.25, 0.3) is 0 Å². The summed E-state index contributed by atoms with van der Waals surface area (Å²) in [6.07, 6.45) is 4.78. The van der Waals surface area contributed by atoms with Gasteiger partial charge >= 0.3 is 0 Å². The number of aliphatic hydroxyl groups is 2. The molecule has 0 saturated carbocycles. The SMILES string of the molecule is O=C1CCN(CC2=CC=C[C@@H](O)[C@@H]2O)CC1. The monoisotopic (exact) mass is 223 g/mol. The maximum atomic E-state index is 11.1.